The SMILES string of the molecule is O=C(O)c1ccccc1C1CCN(c2nccc(N3CCCC3)n2)C1. The Balaban J connectivity index is 1.53. The standard InChI is InChI=1S/C19H22N4O2/c24-18(25)16-6-2-1-5-15(16)14-8-12-23(13-14)19-20-9-7-17(21-19)22-10-3-4-11-22/h1-2,5-7,9,14H,3-4,8,10-13H2,(H,24,25). The smallest absolute Gasteiger partial charge is 0.335 e. The van der Waals surface area contributed by atoms with Crippen molar-refractivity contribution in [2.45, 2.75) is 25.2 Å². The minimum atomic E-state index is -0.860. The minimum absolute atomic E-state index is 0.200. The Hall–Kier alpha value is -2.63. The summed E-state index contributed by atoms with van der Waals surface area (Å²) >= 11 is 0. The zero-order chi connectivity index (χ0) is 17.2. The van der Waals surface area contributed by atoms with Crippen LogP contribution in [0.25, 0.3) is 0 Å². The highest BCUT2D eigenvalue weighted by Gasteiger charge is 2.28. The maximum Gasteiger partial charge on any atom is 0.335 e. The van der Waals surface area contributed by atoms with Crippen LogP contribution in [0.2, 0.25) is 0 Å². The predicted molar refractivity (Wildman–Crippen MR) is 96.5 cm³/mol. The van der Waals surface area contributed by atoms with Crippen LogP contribution >= 0.6 is 0 Å². The van der Waals surface area contributed by atoms with E-state index >= 15 is 0 Å². The van der Waals surface area contributed by atoms with Gasteiger partial charge in [0.15, 0.2) is 0 Å². The molecule has 2 fully saturated rings. The van der Waals surface area contributed by atoms with Crippen LogP contribution in [0.4, 0.5) is 11.8 Å². The normalized spacial score (nSPS) is 20.2. The van der Waals surface area contributed by atoms with Gasteiger partial charge in [-0.2, -0.15) is 4.98 Å². The number of aromatic nitrogens is 2. The van der Waals surface area contributed by atoms with Crippen LogP contribution in [0.1, 0.15) is 41.1 Å². The monoisotopic (exact) mass is 338 g/mol. The molecule has 2 aliphatic rings. The van der Waals surface area contributed by atoms with Crippen molar-refractivity contribution in [3.05, 3.63) is 47.7 Å². The van der Waals surface area contributed by atoms with Crippen molar-refractivity contribution in [1.82, 2.24) is 9.97 Å². The number of carboxylic acids is 1. The van der Waals surface area contributed by atoms with Crippen molar-refractivity contribution in [1.29, 1.82) is 0 Å². The van der Waals surface area contributed by atoms with Crippen LogP contribution < -0.4 is 9.80 Å². The van der Waals surface area contributed by atoms with Crippen LogP contribution in [0.3, 0.4) is 0 Å². The molecule has 0 saturated carbocycles. The van der Waals surface area contributed by atoms with Crippen molar-refractivity contribution in [2.75, 3.05) is 36.0 Å². The largest absolute Gasteiger partial charge is 0.478 e. The molecule has 2 aliphatic heterocycles. The van der Waals surface area contributed by atoms with Gasteiger partial charge in [0, 0.05) is 38.3 Å². The van der Waals surface area contributed by atoms with Crippen LogP contribution in [-0.2, 0) is 0 Å². The Morgan fingerprint density at radius 2 is 1.88 bits per heavy atom. The lowest BCUT2D eigenvalue weighted by Gasteiger charge is -2.21. The van der Waals surface area contributed by atoms with E-state index in [2.05, 4.69) is 14.8 Å². The van der Waals surface area contributed by atoms with Gasteiger partial charge in [-0.3, -0.25) is 0 Å². The molecule has 25 heavy (non-hydrogen) atoms. The summed E-state index contributed by atoms with van der Waals surface area (Å²) in [5.74, 6) is 1.09. The first-order valence-electron chi connectivity index (χ1n) is 8.87. The fourth-order valence-electron chi connectivity index (χ4n) is 3.86. The first kappa shape index (κ1) is 15.9. The third kappa shape index (κ3) is 3.16. The highest BCUT2D eigenvalue weighted by molar-refractivity contribution is 5.89. The second-order valence-electron chi connectivity index (χ2n) is 6.73. The van der Waals surface area contributed by atoms with Gasteiger partial charge in [-0.1, -0.05) is 18.2 Å². The number of hydrogen-bond acceptors (Lipinski definition) is 5. The van der Waals surface area contributed by atoms with Gasteiger partial charge >= 0.3 is 5.97 Å². The van der Waals surface area contributed by atoms with E-state index in [4.69, 9.17) is 4.98 Å². The van der Waals surface area contributed by atoms with E-state index in [1.165, 1.54) is 12.8 Å². The first-order chi connectivity index (χ1) is 12.2. The molecule has 1 atom stereocenters. The molecule has 1 aromatic heterocycles. The van der Waals surface area contributed by atoms with Crippen LogP contribution in [-0.4, -0.2) is 47.2 Å². The molecule has 0 bridgehead atoms. The quantitative estimate of drug-likeness (QED) is 0.924. The second kappa shape index (κ2) is 6.70. The van der Waals surface area contributed by atoms with E-state index < -0.39 is 5.97 Å². The molecule has 6 nitrogen and oxygen atoms in total. The molecule has 1 unspecified atom stereocenters. The van der Waals surface area contributed by atoms with E-state index in [-0.39, 0.29) is 5.92 Å². The molecule has 0 spiro atoms. The van der Waals surface area contributed by atoms with Crippen LogP contribution in [0, 0.1) is 0 Å². The number of rotatable bonds is 4. The van der Waals surface area contributed by atoms with E-state index in [1.807, 2.05) is 24.4 Å². The zero-order valence-corrected chi connectivity index (χ0v) is 14.1. The van der Waals surface area contributed by atoms with E-state index in [0.717, 1.165) is 49.9 Å². The van der Waals surface area contributed by atoms with Gasteiger partial charge in [0.1, 0.15) is 5.82 Å². The minimum Gasteiger partial charge on any atom is -0.478 e. The lowest BCUT2D eigenvalue weighted by Crippen LogP contribution is -2.24. The Morgan fingerprint density at radius 3 is 2.68 bits per heavy atom. The third-order valence-electron chi connectivity index (χ3n) is 5.16. The molecule has 4 rings (SSSR count). The molecule has 2 saturated heterocycles. The molecule has 6 heteroatoms. The van der Waals surface area contributed by atoms with Gasteiger partial charge in [-0.05, 0) is 37.0 Å². The highest BCUT2D eigenvalue weighted by atomic mass is 16.4. The lowest BCUT2D eigenvalue weighted by atomic mass is 9.93. The molecule has 0 amide bonds. The summed E-state index contributed by atoms with van der Waals surface area (Å²) in [6.07, 6.45) is 5.18. The number of carboxylic acid groups (broad SMARTS) is 1. The average molecular weight is 338 g/mol. The first-order valence-corrected chi connectivity index (χ1v) is 8.87. The van der Waals surface area contributed by atoms with Crippen molar-refractivity contribution in [2.24, 2.45) is 0 Å². The average Bonchev–Trinajstić information content (AvgIpc) is 3.34. The van der Waals surface area contributed by atoms with Crippen molar-refractivity contribution in [3.63, 3.8) is 0 Å². The molecule has 1 N–H and O–H groups in total. The Bertz CT molecular complexity index is 774. The summed E-state index contributed by atoms with van der Waals surface area (Å²) in [4.78, 5) is 25.1. The topological polar surface area (TPSA) is 69.6 Å². The van der Waals surface area contributed by atoms with Crippen LogP contribution in [0.15, 0.2) is 36.5 Å². The fraction of sp³-hybridized carbons (Fsp3) is 0.421. The molecular formula is C19H22N4O2. The zero-order valence-electron chi connectivity index (χ0n) is 14.1. The van der Waals surface area contributed by atoms with Crippen molar-refractivity contribution >= 4 is 17.7 Å². The third-order valence-corrected chi connectivity index (χ3v) is 5.16. The number of carbonyl (C=O) groups is 1. The molecular weight excluding hydrogens is 316 g/mol. The maximum atomic E-state index is 11.5. The molecule has 0 aliphatic carbocycles. The molecule has 0 radical (unpaired) electrons. The summed E-state index contributed by atoms with van der Waals surface area (Å²) < 4.78 is 0. The van der Waals surface area contributed by atoms with E-state index in [1.54, 1.807) is 12.1 Å². The maximum absolute atomic E-state index is 11.5. The van der Waals surface area contributed by atoms with Gasteiger partial charge in [0.25, 0.3) is 0 Å². The fourth-order valence-corrected chi connectivity index (χ4v) is 3.86. The molecule has 130 valence electrons. The number of nitrogens with zero attached hydrogens (tertiary/aromatic N) is 4. The molecule has 1 aromatic carbocycles. The Labute approximate surface area is 147 Å². The molecule has 3 heterocycles. The summed E-state index contributed by atoms with van der Waals surface area (Å²) in [5.41, 5.74) is 1.31. The Morgan fingerprint density at radius 1 is 1.08 bits per heavy atom. The molecule has 2 aromatic rings. The highest BCUT2D eigenvalue weighted by Crippen LogP contribution is 2.32. The number of anilines is 2. The summed E-state index contributed by atoms with van der Waals surface area (Å²) in [6, 6.07) is 9.28. The lowest BCUT2D eigenvalue weighted by molar-refractivity contribution is 0.0695. The number of hydrogen-bond donors (Lipinski definition) is 1. The van der Waals surface area contributed by atoms with Gasteiger partial charge in [0.2, 0.25) is 5.95 Å². The number of benzene rings is 1. The van der Waals surface area contributed by atoms with Gasteiger partial charge in [0.05, 0.1) is 5.56 Å². The van der Waals surface area contributed by atoms with Crippen LogP contribution in [0.5, 0.6) is 0 Å². The second-order valence-corrected chi connectivity index (χ2v) is 6.73. The van der Waals surface area contributed by atoms with E-state index in [0.29, 0.717) is 5.56 Å². The van der Waals surface area contributed by atoms with Gasteiger partial charge < -0.3 is 14.9 Å². The van der Waals surface area contributed by atoms with Gasteiger partial charge in [-0.25, -0.2) is 9.78 Å². The summed E-state index contributed by atoms with van der Waals surface area (Å²) in [5, 5.41) is 9.42. The Kier molecular flexibility index (Phi) is 4.26. The summed E-state index contributed by atoms with van der Waals surface area (Å²) in [7, 11) is 0. The predicted octanol–water partition coefficient (Wildman–Crippen LogP) is 2.77. The van der Waals surface area contributed by atoms with Gasteiger partial charge in [-0.15, -0.1) is 0 Å². The van der Waals surface area contributed by atoms with E-state index in [9.17, 15) is 9.90 Å². The van der Waals surface area contributed by atoms with Crippen molar-refractivity contribution in [3.8, 4) is 0 Å². The summed E-state index contributed by atoms with van der Waals surface area (Å²) in [6.45, 7) is 3.73. The van der Waals surface area contributed by atoms with Crippen molar-refractivity contribution < 1.29 is 9.90 Å². The number of aromatic carboxylic acids is 1.